The van der Waals surface area contributed by atoms with E-state index in [-0.39, 0.29) is 12.2 Å². The van der Waals surface area contributed by atoms with E-state index in [0.717, 1.165) is 24.0 Å². The van der Waals surface area contributed by atoms with E-state index in [0.29, 0.717) is 12.8 Å². The predicted molar refractivity (Wildman–Crippen MR) is 94.2 cm³/mol. The van der Waals surface area contributed by atoms with Gasteiger partial charge in [0.25, 0.3) is 0 Å². The molecule has 128 valence electrons. The molecule has 23 heavy (non-hydrogen) atoms. The number of fused-ring (bicyclic) bond motifs is 2. The highest BCUT2D eigenvalue weighted by Crippen LogP contribution is 2.34. The number of aliphatic hydroxyl groups is 2. The molecule has 0 unspecified atom stereocenters. The zero-order valence-electron chi connectivity index (χ0n) is 14.8. The van der Waals surface area contributed by atoms with Crippen molar-refractivity contribution in [1.29, 1.82) is 0 Å². The molecule has 0 saturated heterocycles. The van der Waals surface area contributed by atoms with Crippen molar-refractivity contribution in [3.8, 4) is 0 Å². The quantitative estimate of drug-likeness (QED) is 0.722. The molecule has 0 aromatic heterocycles. The first-order valence-electron chi connectivity index (χ1n) is 8.46. The molecule has 2 heterocycles. The van der Waals surface area contributed by atoms with E-state index in [1.807, 2.05) is 13.0 Å². The molecule has 0 aromatic rings. The van der Waals surface area contributed by atoms with Gasteiger partial charge in [0.05, 0.1) is 18.3 Å². The predicted octanol–water partition coefficient (Wildman–Crippen LogP) is 3.83. The standard InChI is InChI=1S/C20H30O3/c1-13(2)16-9-6-14(3)7-10-17-15(4)8-11-19(23-17)20(5,22)18(21)12-16/h6,8-9,17-19,21-22H,1,7,10-12H2,2-5H3/b14-6+,16-9+/t17-,18-,19+,20-/m0/s1. The SMILES string of the molecule is C=C(C)/C1=C/C=C(\C)CC[C@@H]2O[C@H](CC=C2C)[C@@](C)(O)[C@@H](O)C1. The van der Waals surface area contributed by atoms with Crippen LogP contribution in [0.15, 0.2) is 47.1 Å². The van der Waals surface area contributed by atoms with Crippen molar-refractivity contribution >= 4 is 0 Å². The van der Waals surface area contributed by atoms with E-state index in [1.165, 1.54) is 11.1 Å². The summed E-state index contributed by atoms with van der Waals surface area (Å²) in [7, 11) is 0. The summed E-state index contributed by atoms with van der Waals surface area (Å²) in [6.45, 7) is 11.8. The molecule has 4 atom stereocenters. The molecule has 0 saturated carbocycles. The minimum atomic E-state index is -1.29. The van der Waals surface area contributed by atoms with Gasteiger partial charge in [-0.05, 0) is 58.1 Å². The molecular weight excluding hydrogens is 288 g/mol. The second kappa shape index (κ2) is 7.16. The molecule has 3 heteroatoms. The topological polar surface area (TPSA) is 49.7 Å². The van der Waals surface area contributed by atoms with Gasteiger partial charge in [-0.25, -0.2) is 0 Å². The second-order valence-electron chi connectivity index (χ2n) is 7.27. The third kappa shape index (κ3) is 4.23. The Bertz CT molecular complexity index is 551. The molecule has 0 spiro atoms. The number of rotatable bonds is 1. The number of hydrogen-bond acceptors (Lipinski definition) is 3. The molecule has 0 aliphatic carbocycles. The molecule has 2 bridgehead atoms. The van der Waals surface area contributed by atoms with Crippen LogP contribution in [0.1, 0.15) is 53.4 Å². The van der Waals surface area contributed by atoms with E-state index in [9.17, 15) is 10.2 Å². The van der Waals surface area contributed by atoms with Crippen LogP contribution in [0.4, 0.5) is 0 Å². The minimum Gasteiger partial charge on any atom is -0.390 e. The molecule has 2 aliphatic heterocycles. The summed E-state index contributed by atoms with van der Waals surface area (Å²) < 4.78 is 6.15. The van der Waals surface area contributed by atoms with E-state index in [1.54, 1.807) is 6.92 Å². The van der Waals surface area contributed by atoms with Crippen LogP contribution in [-0.2, 0) is 4.74 Å². The number of hydrogen-bond donors (Lipinski definition) is 2. The molecular formula is C20H30O3. The summed E-state index contributed by atoms with van der Waals surface area (Å²) in [6, 6.07) is 0. The number of aliphatic hydroxyl groups excluding tert-OH is 1. The molecule has 0 radical (unpaired) electrons. The van der Waals surface area contributed by atoms with Crippen LogP contribution in [0.5, 0.6) is 0 Å². The summed E-state index contributed by atoms with van der Waals surface area (Å²) in [5.41, 5.74) is 3.09. The van der Waals surface area contributed by atoms with Gasteiger partial charge in [0.2, 0.25) is 0 Å². The maximum Gasteiger partial charge on any atom is 0.114 e. The maximum atomic E-state index is 10.9. The smallest absolute Gasteiger partial charge is 0.114 e. The van der Waals surface area contributed by atoms with Gasteiger partial charge >= 0.3 is 0 Å². The van der Waals surface area contributed by atoms with Crippen molar-refractivity contribution in [2.75, 3.05) is 0 Å². The fraction of sp³-hybridized carbons (Fsp3) is 0.600. The van der Waals surface area contributed by atoms with E-state index >= 15 is 0 Å². The molecule has 2 aliphatic rings. The molecule has 0 fully saturated rings. The molecule has 3 nitrogen and oxygen atoms in total. The average Bonchev–Trinajstić information content (AvgIpc) is 2.48. The average molecular weight is 318 g/mol. The number of ether oxygens (including phenoxy) is 1. The van der Waals surface area contributed by atoms with Crippen molar-refractivity contribution < 1.29 is 14.9 Å². The van der Waals surface area contributed by atoms with Crippen LogP contribution < -0.4 is 0 Å². The highest BCUT2D eigenvalue weighted by Gasteiger charge is 2.42. The van der Waals surface area contributed by atoms with Crippen LogP contribution in [0, 0.1) is 0 Å². The Morgan fingerprint density at radius 2 is 2.04 bits per heavy atom. The van der Waals surface area contributed by atoms with Gasteiger partial charge in [0.1, 0.15) is 5.60 Å². The normalized spacial score (nSPS) is 40.6. The van der Waals surface area contributed by atoms with Gasteiger partial charge in [-0.3, -0.25) is 0 Å². The third-order valence-corrected chi connectivity index (χ3v) is 5.15. The van der Waals surface area contributed by atoms with Gasteiger partial charge in [-0.15, -0.1) is 0 Å². The lowest BCUT2D eigenvalue weighted by molar-refractivity contribution is -0.170. The monoisotopic (exact) mass is 318 g/mol. The first kappa shape index (κ1) is 18.2. The molecule has 0 amide bonds. The summed E-state index contributed by atoms with van der Waals surface area (Å²) in [5, 5.41) is 21.5. The van der Waals surface area contributed by atoms with Gasteiger partial charge in [0, 0.05) is 6.42 Å². The van der Waals surface area contributed by atoms with Gasteiger partial charge < -0.3 is 14.9 Å². The first-order chi connectivity index (χ1) is 10.7. The Kier molecular flexibility index (Phi) is 5.66. The third-order valence-electron chi connectivity index (χ3n) is 5.15. The molecule has 2 N–H and O–H groups in total. The summed E-state index contributed by atoms with van der Waals surface area (Å²) in [6.07, 6.45) is 7.84. The second-order valence-corrected chi connectivity index (χ2v) is 7.27. The molecule has 0 aromatic carbocycles. The highest BCUT2D eigenvalue weighted by atomic mass is 16.5. The van der Waals surface area contributed by atoms with Gasteiger partial charge in [0.15, 0.2) is 0 Å². The minimum absolute atomic E-state index is 0.0137. The maximum absolute atomic E-state index is 10.9. The van der Waals surface area contributed by atoms with Crippen molar-refractivity contribution in [1.82, 2.24) is 0 Å². The fourth-order valence-corrected chi connectivity index (χ4v) is 3.16. The zero-order valence-corrected chi connectivity index (χ0v) is 14.8. The lowest BCUT2D eigenvalue weighted by Gasteiger charge is -2.41. The fourth-order valence-electron chi connectivity index (χ4n) is 3.16. The Hall–Kier alpha value is -1.16. The summed E-state index contributed by atoms with van der Waals surface area (Å²) in [4.78, 5) is 0. The van der Waals surface area contributed by atoms with E-state index in [2.05, 4.69) is 32.6 Å². The summed E-state index contributed by atoms with van der Waals surface area (Å²) >= 11 is 0. The van der Waals surface area contributed by atoms with Gasteiger partial charge in [-0.1, -0.05) is 36.0 Å². The Labute approximate surface area is 140 Å². The van der Waals surface area contributed by atoms with Crippen LogP contribution in [-0.4, -0.2) is 34.1 Å². The van der Waals surface area contributed by atoms with Crippen LogP contribution in [0.2, 0.25) is 0 Å². The van der Waals surface area contributed by atoms with Crippen molar-refractivity contribution in [2.24, 2.45) is 0 Å². The Morgan fingerprint density at radius 1 is 1.35 bits per heavy atom. The van der Waals surface area contributed by atoms with Crippen molar-refractivity contribution in [3.05, 3.63) is 47.1 Å². The lowest BCUT2D eigenvalue weighted by atomic mass is 9.83. The van der Waals surface area contributed by atoms with Crippen molar-refractivity contribution in [3.63, 3.8) is 0 Å². The lowest BCUT2D eigenvalue weighted by Crippen LogP contribution is -2.53. The number of allylic oxidation sites excluding steroid dienone is 4. The van der Waals surface area contributed by atoms with Gasteiger partial charge in [-0.2, -0.15) is 0 Å². The first-order valence-corrected chi connectivity index (χ1v) is 8.46. The molecule has 2 rings (SSSR count). The van der Waals surface area contributed by atoms with E-state index < -0.39 is 11.7 Å². The summed E-state index contributed by atoms with van der Waals surface area (Å²) in [5.74, 6) is 0. The largest absolute Gasteiger partial charge is 0.390 e. The highest BCUT2D eigenvalue weighted by molar-refractivity contribution is 5.32. The van der Waals surface area contributed by atoms with Crippen molar-refractivity contribution in [2.45, 2.75) is 77.3 Å². The van der Waals surface area contributed by atoms with E-state index in [4.69, 9.17) is 4.74 Å². The van der Waals surface area contributed by atoms with Crippen LogP contribution in [0.25, 0.3) is 0 Å². The van der Waals surface area contributed by atoms with Crippen LogP contribution in [0.3, 0.4) is 0 Å². The Morgan fingerprint density at radius 3 is 2.70 bits per heavy atom. The Balaban J connectivity index is 2.38. The zero-order chi connectivity index (χ0) is 17.2. The van der Waals surface area contributed by atoms with Crippen LogP contribution >= 0.6 is 0 Å².